The first-order valence-corrected chi connectivity index (χ1v) is 6.80. The van der Waals surface area contributed by atoms with Gasteiger partial charge in [-0.3, -0.25) is 0 Å². The molecule has 0 amide bonds. The van der Waals surface area contributed by atoms with E-state index in [0.717, 1.165) is 11.1 Å². The van der Waals surface area contributed by atoms with Gasteiger partial charge in [0, 0.05) is 23.3 Å². The molecule has 0 spiro atoms. The van der Waals surface area contributed by atoms with Gasteiger partial charge in [0.15, 0.2) is 18.2 Å². The molecular weight excluding hydrogens is 284 g/mol. The minimum absolute atomic E-state index is 0.383. The number of hydrogen-bond acceptors (Lipinski definition) is 3. The molecule has 2 heterocycles. The van der Waals surface area contributed by atoms with E-state index in [-0.39, 0.29) is 0 Å². The Balaban J connectivity index is 1.99. The largest absolute Gasteiger partial charge is 0.226 e. The van der Waals surface area contributed by atoms with Crippen LogP contribution in [0.1, 0.15) is 5.56 Å². The van der Waals surface area contributed by atoms with Gasteiger partial charge in [-0.05, 0) is 12.5 Å². The van der Waals surface area contributed by atoms with Crippen LogP contribution in [-0.4, -0.2) is 9.97 Å². The molecule has 0 bridgehead atoms. The van der Waals surface area contributed by atoms with Crippen LogP contribution in [0.3, 0.4) is 0 Å². The topological polar surface area (TPSA) is 55.7 Å². The lowest BCUT2D eigenvalue weighted by molar-refractivity contribution is -0.638. The second-order valence-corrected chi connectivity index (χ2v) is 5.08. The molecule has 0 aliphatic rings. The third-order valence-corrected chi connectivity index (χ3v) is 3.41. The number of rotatable bonds is 2. The normalized spacial score (nSPS) is 10.6. The quantitative estimate of drug-likeness (QED) is 0.449. The molecule has 0 unspecified atom stereocenters. The molecule has 0 fully saturated rings. The lowest BCUT2D eigenvalue weighted by Crippen LogP contribution is -2.43. The Bertz CT molecular complexity index is 767. The first kappa shape index (κ1) is 13.5. The zero-order chi connectivity index (χ0) is 14.8. The molecule has 0 saturated carbocycles. The highest BCUT2D eigenvalue weighted by molar-refractivity contribution is 6.32. The van der Waals surface area contributed by atoms with Crippen molar-refractivity contribution in [3.05, 3.63) is 65.7 Å². The van der Waals surface area contributed by atoms with E-state index < -0.39 is 0 Å². The highest BCUT2D eigenvalue weighted by atomic mass is 35.5. The number of nitrogen functional groups attached to an aromatic ring is 1. The fourth-order valence-electron chi connectivity index (χ4n) is 1.95. The molecule has 1 radical (unpaired) electrons. The van der Waals surface area contributed by atoms with Crippen molar-refractivity contribution >= 4 is 11.6 Å². The first-order valence-electron chi connectivity index (χ1n) is 6.42. The van der Waals surface area contributed by atoms with Crippen LogP contribution in [0.25, 0.3) is 22.5 Å². The van der Waals surface area contributed by atoms with Gasteiger partial charge in [0.2, 0.25) is 0 Å². The van der Waals surface area contributed by atoms with Gasteiger partial charge in [0.25, 0.3) is 0 Å². The first-order chi connectivity index (χ1) is 10.1. The van der Waals surface area contributed by atoms with Crippen LogP contribution >= 0.6 is 11.6 Å². The maximum Gasteiger partial charge on any atom is 0.199 e. The Morgan fingerprint density at radius 2 is 1.71 bits per heavy atom. The molecule has 2 N–H and O–H groups in total. The summed E-state index contributed by atoms with van der Waals surface area (Å²) in [7, 11) is 0. The Kier molecular flexibility index (Phi) is 3.54. The molecule has 2 aromatic heterocycles. The number of benzene rings is 1. The van der Waals surface area contributed by atoms with E-state index in [1.165, 1.54) is 10.2 Å². The second-order valence-electron chi connectivity index (χ2n) is 4.72. The molecule has 0 atom stereocenters. The van der Waals surface area contributed by atoms with Crippen molar-refractivity contribution in [3.63, 3.8) is 0 Å². The predicted molar refractivity (Wildman–Crippen MR) is 81.8 cm³/mol. The highest BCUT2D eigenvalue weighted by Gasteiger charge is 2.10. The number of pyridine rings is 1. The van der Waals surface area contributed by atoms with Crippen molar-refractivity contribution in [1.29, 1.82) is 0 Å². The molecule has 21 heavy (non-hydrogen) atoms. The Morgan fingerprint density at radius 3 is 2.33 bits per heavy atom. The maximum atomic E-state index is 6.27. The van der Waals surface area contributed by atoms with Gasteiger partial charge in [-0.1, -0.05) is 46.1 Å². The number of nitrogens with zero attached hydrogens (tertiary/aromatic N) is 3. The zero-order valence-corrected chi connectivity index (χ0v) is 12.2. The maximum absolute atomic E-state index is 6.27. The number of nitrogens with two attached hydrogens (primary N) is 1. The van der Waals surface area contributed by atoms with E-state index in [4.69, 9.17) is 17.4 Å². The van der Waals surface area contributed by atoms with Gasteiger partial charge in [-0.25, -0.2) is 15.8 Å². The molecule has 4 nitrogen and oxygen atoms in total. The van der Waals surface area contributed by atoms with Crippen LogP contribution in [0, 0.1) is 13.1 Å². The van der Waals surface area contributed by atoms with E-state index in [1.807, 2.05) is 43.3 Å². The number of aromatic nitrogens is 3. The summed E-state index contributed by atoms with van der Waals surface area (Å²) in [4.78, 5) is 8.61. The summed E-state index contributed by atoms with van der Waals surface area (Å²) >= 11 is 6.27. The van der Waals surface area contributed by atoms with Crippen LogP contribution in [0.2, 0.25) is 5.15 Å². The van der Waals surface area contributed by atoms with E-state index >= 15 is 0 Å². The molecule has 0 aliphatic carbocycles. The van der Waals surface area contributed by atoms with E-state index in [2.05, 4.69) is 16.2 Å². The smallest absolute Gasteiger partial charge is 0.199 e. The Hall–Kier alpha value is -2.46. The minimum Gasteiger partial charge on any atom is -0.226 e. The summed E-state index contributed by atoms with van der Waals surface area (Å²) in [6, 6.07) is 11.6. The minimum atomic E-state index is 0.383. The van der Waals surface area contributed by atoms with Gasteiger partial charge in [-0.2, -0.15) is 0 Å². The molecular formula is C16H13ClN4+. The fraction of sp³-hybridized carbons (Fsp3) is 0.0625. The molecule has 0 aliphatic heterocycles. The number of hydrogen-bond donors (Lipinski definition) is 1. The van der Waals surface area contributed by atoms with E-state index in [0.29, 0.717) is 16.5 Å². The molecule has 1 aromatic carbocycles. The SMILES string of the molecule is Cc1ccc(-c2[c]nc(-c3cc[n+](N)cc3)nc2Cl)cc1. The van der Waals surface area contributed by atoms with E-state index in [9.17, 15) is 0 Å². The van der Waals surface area contributed by atoms with Crippen LogP contribution in [0.4, 0.5) is 0 Å². The second kappa shape index (κ2) is 5.50. The van der Waals surface area contributed by atoms with Crippen molar-refractivity contribution in [3.8, 4) is 22.5 Å². The van der Waals surface area contributed by atoms with Crippen molar-refractivity contribution in [1.82, 2.24) is 9.97 Å². The molecule has 3 rings (SSSR count). The van der Waals surface area contributed by atoms with Crippen LogP contribution in [-0.2, 0) is 0 Å². The molecule has 0 saturated heterocycles. The van der Waals surface area contributed by atoms with Gasteiger partial charge >= 0.3 is 0 Å². The summed E-state index contributed by atoms with van der Waals surface area (Å²) in [5.74, 6) is 6.11. The van der Waals surface area contributed by atoms with E-state index in [1.54, 1.807) is 12.4 Å². The van der Waals surface area contributed by atoms with Crippen LogP contribution < -0.4 is 10.5 Å². The van der Waals surface area contributed by atoms with Crippen molar-refractivity contribution in [2.24, 2.45) is 0 Å². The Morgan fingerprint density at radius 1 is 1.05 bits per heavy atom. The summed E-state index contributed by atoms with van der Waals surface area (Å²) in [6.07, 6.45) is 6.42. The van der Waals surface area contributed by atoms with Gasteiger partial charge in [0.1, 0.15) is 11.3 Å². The molecule has 5 heteroatoms. The van der Waals surface area contributed by atoms with Crippen molar-refractivity contribution in [2.45, 2.75) is 6.92 Å². The van der Waals surface area contributed by atoms with Crippen LogP contribution in [0.5, 0.6) is 0 Å². The van der Waals surface area contributed by atoms with Crippen LogP contribution in [0.15, 0.2) is 48.8 Å². The molecule has 3 aromatic rings. The number of aryl methyl sites for hydroxylation is 1. The standard InChI is InChI=1S/C16H13ClN4/c1-11-2-4-12(5-3-11)14-10-19-16(20-15(14)17)13-6-8-21(18)9-7-13/h2-9H,18H2,1H3/q+1. The summed E-state index contributed by atoms with van der Waals surface area (Å²) in [5.41, 5.74) is 3.67. The lowest BCUT2D eigenvalue weighted by Gasteiger charge is -2.05. The van der Waals surface area contributed by atoms with Gasteiger partial charge < -0.3 is 0 Å². The van der Waals surface area contributed by atoms with Crippen molar-refractivity contribution < 1.29 is 4.68 Å². The fourth-order valence-corrected chi connectivity index (χ4v) is 2.18. The third-order valence-electron chi connectivity index (χ3n) is 3.13. The summed E-state index contributed by atoms with van der Waals surface area (Å²) in [6.45, 7) is 2.04. The summed E-state index contributed by atoms with van der Waals surface area (Å²) in [5, 5.41) is 0.383. The third kappa shape index (κ3) is 2.85. The lowest BCUT2D eigenvalue weighted by atomic mass is 10.1. The predicted octanol–water partition coefficient (Wildman–Crippen LogP) is 2.57. The Labute approximate surface area is 127 Å². The number of halogens is 1. The average Bonchev–Trinajstić information content (AvgIpc) is 2.49. The summed E-state index contributed by atoms with van der Waals surface area (Å²) < 4.78 is 1.45. The highest BCUT2D eigenvalue weighted by Crippen LogP contribution is 2.27. The van der Waals surface area contributed by atoms with Gasteiger partial charge in [0.05, 0.1) is 0 Å². The zero-order valence-electron chi connectivity index (χ0n) is 11.4. The van der Waals surface area contributed by atoms with Crippen molar-refractivity contribution in [2.75, 3.05) is 5.84 Å². The van der Waals surface area contributed by atoms with Gasteiger partial charge in [-0.15, -0.1) is 0 Å². The average molecular weight is 297 g/mol. The molecule has 103 valence electrons. The monoisotopic (exact) mass is 296 g/mol.